The van der Waals surface area contributed by atoms with E-state index in [0.29, 0.717) is 21.4 Å². The van der Waals surface area contributed by atoms with Crippen molar-refractivity contribution in [3.05, 3.63) is 58.1 Å². The number of hydrogen-bond acceptors (Lipinski definition) is 6. The molecule has 1 N–H and O–H groups in total. The van der Waals surface area contributed by atoms with Gasteiger partial charge in [-0.3, -0.25) is 19.4 Å². The maximum atomic E-state index is 12.9. The summed E-state index contributed by atoms with van der Waals surface area (Å²) in [6.45, 7) is 1.67. The highest BCUT2D eigenvalue weighted by Gasteiger charge is 2.55. The number of halogens is 2. The summed E-state index contributed by atoms with van der Waals surface area (Å²) in [7, 11) is 0. The predicted octanol–water partition coefficient (Wildman–Crippen LogP) is 3.23. The van der Waals surface area contributed by atoms with Crippen molar-refractivity contribution >= 4 is 52.3 Å². The van der Waals surface area contributed by atoms with Gasteiger partial charge in [-0.05, 0) is 37.3 Å². The van der Waals surface area contributed by atoms with Crippen molar-refractivity contribution in [2.45, 2.75) is 19.0 Å². The molecule has 2 heterocycles. The number of nitrogens with one attached hydrogen (secondary N) is 1. The Bertz CT molecular complexity index is 1040. The summed E-state index contributed by atoms with van der Waals surface area (Å²) >= 11 is 11.8. The number of amides is 3. The van der Waals surface area contributed by atoms with Gasteiger partial charge in [-0.1, -0.05) is 46.1 Å². The summed E-state index contributed by atoms with van der Waals surface area (Å²) in [6, 6.07) is 9.80. The van der Waals surface area contributed by atoms with Crippen LogP contribution in [0.2, 0.25) is 10.0 Å². The van der Waals surface area contributed by atoms with Gasteiger partial charge in [0.15, 0.2) is 12.1 Å². The Morgan fingerprint density at radius 3 is 2.48 bits per heavy atom. The highest BCUT2D eigenvalue weighted by molar-refractivity contribution is 6.42. The van der Waals surface area contributed by atoms with Crippen molar-refractivity contribution in [3.63, 3.8) is 0 Å². The molecule has 0 saturated carbocycles. The molecule has 0 radical (unpaired) electrons. The molecule has 0 aliphatic carbocycles. The highest BCUT2D eigenvalue weighted by Crippen LogP contribution is 2.32. The van der Waals surface area contributed by atoms with Gasteiger partial charge in [0.1, 0.15) is 6.54 Å². The van der Waals surface area contributed by atoms with Gasteiger partial charge in [0.05, 0.1) is 15.7 Å². The molecule has 1 saturated heterocycles. The van der Waals surface area contributed by atoms with E-state index in [1.54, 1.807) is 24.3 Å². The molecule has 2 aliphatic heterocycles. The van der Waals surface area contributed by atoms with E-state index >= 15 is 0 Å². The topological polar surface area (TPSA) is 94.4 Å². The molecule has 2 atom stereocenters. The van der Waals surface area contributed by atoms with E-state index in [2.05, 4.69) is 15.7 Å². The molecule has 3 amide bonds. The van der Waals surface area contributed by atoms with Crippen LogP contribution in [0.1, 0.15) is 5.56 Å². The molecule has 1 fully saturated rings. The lowest BCUT2D eigenvalue weighted by Crippen LogP contribution is -2.43. The first-order chi connectivity index (χ1) is 13.8. The van der Waals surface area contributed by atoms with E-state index in [9.17, 15) is 14.4 Å². The van der Waals surface area contributed by atoms with Gasteiger partial charge in [0.2, 0.25) is 5.91 Å². The number of rotatable bonds is 4. The number of hydrogen-bond donors (Lipinski definition) is 1. The minimum Gasteiger partial charge on any atom is -0.324 e. The second-order valence-electron chi connectivity index (χ2n) is 6.72. The Morgan fingerprint density at radius 1 is 1.07 bits per heavy atom. The maximum Gasteiger partial charge on any atom is 0.263 e. The van der Waals surface area contributed by atoms with Crippen LogP contribution in [0.15, 0.2) is 52.8 Å². The van der Waals surface area contributed by atoms with E-state index in [4.69, 9.17) is 23.2 Å². The average Bonchev–Trinajstić information content (AvgIpc) is 3.19. The molecular formula is C19H15Cl2N5O3. The van der Waals surface area contributed by atoms with Crippen LogP contribution >= 0.6 is 23.2 Å². The van der Waals surface area contributed by atoms with Gasteiger partial charge in [-0.2, -0.15) is 5.11 Å². The third-order valence-corrected chi connectivity index (χ3v) is 5.40. The fourth-order valence-corrected chi connectivity index (χ4v) is 3.52. The molecule has 0 bridgehead atoms. The number of aryl methyl sites for hydroxylation is 1. The molecule has 10 heteroatoms. The second kappa shape index (κ2) is 7.46. The molecule has 4 rings (SSSR count). The normalized spacial score (nSPS) is 20.4. The fraction of sp³-hybridized carbons (Fsp3) is 0.211. The smallest absolute Gasteiger partial charge is 0.263 e. The van der Waals surface area contributed by atoms with E-state index in [1.165, 1.54) is 11.1 Å². The highest BCUT2D eigenvalue weighted by atomic mass is 35.5. The predicted molar refractivity (Wildman–Crippen MR) is 108 cm³/mol. The zero-order valence-electron chi connectivity index (χ0n) is 15.2. The zero-order valence-corrected chi connectivity index (χ0v) is 16.7. The van der Waals surface area contributed by atoms with E-state index in [-0.39, 0.29) is 6.54 Å². The summed E-state index contributed by atoms with van der Waals surface area (Å²) in [4.78, 5) is 39.1. The van der Waals surface area contributed by atoms with Gasteiger partial charge >= 0.3 is 0 Å². The molecular weight excluding hydrogens is 417 g/mol. The average molecular weight is 432 g/mol. The number of carbonyl (C=O) groups excluding carboxylic acids is 3. The number of carbonyl (C=O) groups is 3. The van der Waals surface area contributed by atoms with Crippen LogP contribution in [0.5, 0.6) is 0 Å². The molecule has 2 aromatic carbocycles. The van der Waals surface area contributed by atoms with Crippen LogP contribution in [-0.2, 0) is 14.4 Å². The monoisotopic (exact) mass is 431 g/mol. The first-order valence-electron chi connectivity index (χ1n) is 8.72. The molecule has 0 unspecified atom stereocenters. The van der Waals surface area contributed by atoms with Crippen LogP contribution in [0.4, 0.5) is 11.4 Å². The summed E-state index contributed by atoms with van der Waals surface area (Å²) in [5.41, 5.74) is 1.93. The number of nitrogens with zero attached hydrogens (tertiary/aromatic N) is 4. The van der Waals surface area contributed by atoms with Crippen molar-refractivity contribution in [1.29, 1.82) is 0 Å². The Balaban J connectivity index is 1.48. The number of benzene rings is 2. The van der Waals surface area contributed by atoms with Crippen molar-refractivity contribution < 1.29 is 14.4 Å². The van der Waals surface area contributed by atoms with Crippen molar-refractivity contribution in [3.8, 4) is 0 Å². The first-order valence-corrected chi connectivity index (χ1v) is 9.47. The lowest BCUT2D eigenvalue weighted by atomic mass is 10.1. The summed E-state index contributed by atoms with van der Waals surface area (Å²) in [6.07, 6.45) is 0. The van der Waals surface area contributed by atoms with Gasteiger partial charge in [-0.25, -0.2) is 4.90 Å². The Hall–Kier alpha value is -2.97. The Labute approximate surface area is 176 Å². The van der Waals surface area contributed by atoms with Crippen LogP contribution in [0.3, 0.4) is 0 Å². The van der Waals surface area contributed by atoms with E-state index in [1.807, 2.05) is 19.1 Å². The summed E-state index contributed by atoms with van der Waals surface area (Å²) < 4.78 is 0. The fourth-order valence-electron chi connectivity index (χ4n) is 3.22. The van der Waals surface area contributed by atoms with Crippen LogP contribution in [0, 0.1) is 6.92 Å². The number of imide groups is 1. The minimum absolute atomic E-state index is 0.244. The lowest BCUT2D eigenvalue weighted by molar-refractivity contribution is -0.123. The zero-order chi connectivity index (χ0) is 20.7. The van der Waals surface area contributed by atoms with Crippen LogP contribution in [0.25, 0.3) is 0 Å². The molecule has 0 spiro atoms. The molecule has 148 valence electrons. The Morgan fingerprint density at radius 2 is 1.79 bits per heavy atom. The molecule has 2 aromatic rings. The van der Waals surface area contributed by atoms with Crippen molar-refractivity contribution in [1.82, 2.24) is 5.01 Å². The molecule has 29 heavy (non-hydrogen) atoms. The molecule has 8 nitrogen and oxygen atoms in total. The second-order valence-corrected chi connectivity index (χ2v) is 7.53. The summed E-state index contributed by atoms with van der Waals surface area (Å²) in [5.74, 6) is -1.35. The molecule has 0 aromatic heterocycles. The number of fused-ring (bicyclic) bond motifs is 1. The van der Waals surface area contributed by atoms with Gasteiger partial charge in [-0.15, -0.1) is 0 Å². The maximum absolute atomic E-state index is 12.9. The third-order valence-electron chi connectivity index (χ3n) is 4.66. The van der Waals surface area contributed by atoms with Crippen LogP contribution in [-0.4, -0.2) is 41.4 Å². The third kappa shape index (κ3) is 3.56. The van der Waals surface area contributed by atoms with Crippen molar-refractivity contribution in [2.24, 2.45) is 10.3 Å². The van der Waals surface area contributed by atoms with Gasteiger partial charge in [0.25, 0.3) is 11.8 Å². The largest absolute Gasteiger partial charge is 0.324 e. The van der Waals surface area contributed by atoms with Crippen LogP contribution < -0.4 is 10.2 Å². The Kier molecular flexibility index (Phi) is 4.97. The SMILES string of the molecule is Cc1ccc(N2C(=O)[C@@H]3N=NN(CC(=O)Nc4ccc(Cl)c(Cl)c4)[C@H]3C2=O)cc1. The van der Waals surface area contributed by atoms with Gasteiger partial charge in [0, 0.05) is 5.69 Å². The van der Waals surface area contributed by atoms with E-state index < -0.39 is 29.8 Å². The quantitative estimate of drug-likeness (QED) is 0.751. The molecule has 2 aliphatic rings. The lowest BCUT2D eigenvalue weighted by Gasteiger charge is -2.20. The standard InChI is InChI=1S/C19H15Cl2N5O3/c1-10-2-5-12(6-3-10)26-18(28)16-17(19(26)29)25(24-23-16)9-15(27)22-11-4-7-13(20)14(21)8-11/h2-8,16-17H,9H2,1H3,(H,22,27)/t16-,17-/m1/s1. The first kappa shape index (κ1) is 19.4. The minimum atomic E-state index is -0.957. The van der Waals surface area contributed by atoms with E-state index in [0.717, 1.165) is 10.5 Å². The van der Waals surface area contributed by atoms with Crippen molar-refractivity contribution in [2.75, 3.05) is 16.8 Å². The summed E-state index contributed by atoms with van der Waals surface area (Å²) in [5, 5.41) is 12.3. The number of anilines is 2. The van der Waals surface area contributed by atoms with Gasteiger partial charge < -0.3 is 5.32 Å².